The van der Waals surface area contributed by atoms with Crippen molar-refractivity contribution in [1.82, 2.24) is 4.90 Å². The number of hydrogen-bond acceptors (Lipinski definition) is 2. The van der Waals surface area contributed by atoms with Crippen LogP contribution in [0.3, 0.4) is 0 Å². The van der Waals surface area contributed by atoms with Gasteiger partial charge in [-0.25, -0.2) is 0 Å². The molecule has 0 bridgehead atoms. The van der Waals surface area contributed by atoms with E-state index in [1.807, 2.05) is 19.1 Å². The zero-order valence-electron chi connectivity index (χ0n) is 9.41. The van der Waals surface area contributed by atoms with Crippen LogP contribution in [0.2, 0.25) is 0 Å². The van der Waals surface area contributed by atoms with Crippen molar-refractivity contribution < 1.29 is 4.79 Å². The summed E-state index contributed by atoms with van der Waals surface area (Å²) in [5.41, 5.74) is 1.16. The topological polar surface area (TPSA) is 20.3 Å². The van der Waals surface area contributed by atoms with Crippen LogP contribution in [0.4, 0.5) is 0 Å². The first-order valence-corrected chi connectivity index (χ1v) is 5.36. The van der Waals surface area contributed by atoms with E-state index in [0.717, 1.165) is 25.2 Å². The summed E-state index contributed by atoms with van der Waals surface area (Å²) in [6.07, 6.45) is 6.27. The third kappa shape index (κ3) is 3.48. The Morgan fingerprint density at radius 3 is 2.87 bits per heavy atom. The fourth-order valence-electron chi connectivity index (χ4n) is 1.83. The van der Waals surface area contributed by atoms with Crippen LogP contribution < -0.4 is 0 Å². The van der Waals surface area contributed by atoms with Crippen molar-refractivity contribution in [3.8, 4) is 0 Å². The molecule has 1 fully saturated rings. The normalized spacial score (nSPS) is 23.9. The van der Waals surface area contributed by atoms with Crippen LogP contribution >= 0.6 is 0 Å². The number of rotatable bonds is 4. The van der Waals surface area contributed by atoms with Crippen molar-refractivity contribution in [2.45, 2.75) is 13.3 Å². The van der Waals surface area contributed by atoms with E-state index in [4.69, 9.17) is 0 Å². The summed E-state index contributed by atoms with van der Waals surface area (Å²) in [7, 11) is 0. The van der Waals surface area contributed by atoms with E-state index in [0.29, 0.717) is 12.2 Å². The van der Waals surface area contributed by atoms with Crippen LogP contribution in [0.15, 0.2) is 37.0 Å². The van der Waals surface area contributed by atoms with E-state index in [1.54, 1.807) is 6.08 Å². The molecule has 2 heteroatoms. The largest absolute Gasteiger partial charge is 0.299 e. The van der Waals surface area contributed by atoms with Crippen LogP contribution in [0.25, 0.3) is 0 Å². The number of piperidine rings is 1. The number of nitrogens with zero attached hydrogens (tertiary/aromatic N) is 1. The molecular formula is C13H19NO. The smallest absolute Gasteiger partial charge is 0.138 e. The molecule has 0 aromatic heterocycles. The quantitative estimate of drug-likeness (QED) is 0.656. The van der Waals surface area contributed by atoms with Crippen molar-refractivity contribution in [3.05, 3.63) is 37.0 Å². The van der Waals surface area contributed by atoms with Crippen molar-refractivity contribution >= 4 is 5.78 Å². The molecule has 0 saturated carbocycles. The lowest BCUT2D eigenvalue weighted by Crippen LogP contribution is -2.40. The van der Waals surface area contributed by atoms with E-state index in [9.17, 15) is 4.79 Å². The summed E-state index contributed by atoms with van der Waals surface area (Å²) in [5, 5.41) is 0. The molecule has 1 aliphatic heterocycles. The number of carbonyl (C=O) groups is 1. The van der Waals surface area contributed by atoms with Crippen molar-refractivity contribution in [1.29, 1.82) is 0 Å². The molecule has 1 atom stereocenters. The first kappa shape index (κ1) is 11.9. The molecule has 0 radical (unpaired) electrons. The zero-order valence-corrected chi connectivity index (χ0v) is 9.41. The molecule has 82 valence electrons. The van der Waals surface area contributed by atoms with E-state index < -0.39 is 0 Å². The first-order chi connectivity index (χ1) is 7.17. The number of carbonyl (C=O) groups excluding carboxylic acids is 1. The van der Waals surface area contributed by atoms with Gasteiger partial charge in [-0.3, -0.25) is 9.69 Å². The van der Waals surface area contributed by atoms with E-state index >= 15 is 0 Å². The second kappa shape index (κ2) is 5.66. The van der Waals surface area contributed by atoms with Gasteiger partial charge < -0.3 is 0 Å². The van der Waals surface area contributed by atoms with E-state index in [2.05, 4.69) is 18.1 Å². The number of hydrogen-bond donors (Lipinski definition) is 0. The highest BCUT2D eigenvalue weighted by molar-refractivity contribution is 5.81. The van der Waals surface area contributed by atoms with Gasteiger partial charge in [0, 0.05) is 32.0 Å². The van der Waals surface area contributed by atoms with Crippen molar-refractivity contribution in [3.63, 3.8) is 0 Å². The minimum atomic E-state index is 0.175. The SMILES string of the molecule is C=C/C=C(\C=C)CN1CCC(=O)C(C)C1. The van der Waals surface area contributed by atoms with Crippen molar-refractivity contribution in [2.24, 2.45) is 5.92 Å². The Morgan fingerprint density at radius 2 is 2.33 bits per heavy atom. The highest BCUT2D eigenvalue weighted by Gasteiger charge is 2.23. The molecule has 0 spiro atoms. The molecule has 0 amide bonds. The maximum absolute atomic E-state index is 11.3. The lowest BCUT2D eigenvalue weighted by atomic mass is 9.98. The molecular weight excluding hydrogens is 186 g/mol. The van der Waals surface area contributed by atoms with Crippen LogP contribution in [-0.2, 0) is 4.79 Å². The second-order valence-corrected chi connectivity index (χ2v) is 4.03. The molecule has 0 aromatic rings. The molecule has 0 aliphatic carbocycles. The third-order valence-electron chi connectivity index (χ3n) is 2.76. The van der Waals surface area contributed by atoms with Crippen molar-refractivity contribution in [2.75, 3.05) is 19.6 Å². The van der Waals surface area contributed by atoms with Crippen LogP contribution in [0.5, 0.6) is 0 Å². The second-order valence-electron chi connectivity index (χ2n) is 4.03. The summed E-state index contributed by atoms with van der Waals surface area (Å²) in [6, 6.07) is 0. The maximum atomic E-state index is 11.3. The monoisotopic (exact) mass is 205 g/mol. The van der Waals surface area contributed by atoms with Gasteiger partial charge in [-0.15, -0.1) is 0 Å². The molecule has 1 heterocycles. The third-order valence-corrected chi connectivity index (χ3v) is 2.76. The lowest BCUT2D eigenvalue weighted by Gasteiger charge is -2.30. The summed E-state index contributed by atoms with van der Waals surface area (Å²) in [6.45, 7) is 12.0. The van der Waals surface area contributed by atoms with Gasteiger partial charge in [0.25, 0.3) is 0 Å². The summed E-state index contributed by atoms with van der Waals surface area (Å²) >= 11 is 0. The number of ketones is 1. The van der Waals surface area contributed by atoms with Gasteiger partial charge in [0.05, 0.1) is 0 Å². The van der Waals surface area contributed by atoms with Gasteiger partial charge in [-0.1, -0.05) is 38.3 Å². The predicted octanol–water partition coefficient (Wildman–Crippen LogP) is 2.20. The number of allylic oxidation sites excluding steroid dienone is 2. The van der Waals surface area contributed by atoms with Gasteiger partial charge in [0.15, 0.2) is 0 Å². The summed E-state index contributed by atoms with van der Waals surface area (Å²) in [5.74, 6) is 0.563. The fourth-order valence-corrected chi connectivity index (χ4v) is 1.83. The number of likely N-dealkylation sites (tertiary alicyclic amines) is 1. The molecule has 0 N–H and O–H groups in total. The molecule has 0 aromatic carbocycles. The van der Waals surface area contributed by atoms with Gasteiger partial charge in [-0.05, 0) is 5.57 Å². The Balaban J connectivity index is 2.52. The molecule has 2 nitrogen and oxygen atoms in total. The average Bonchev–Trinajstić information content (AvgIpc) is 2.23. The number of Topliss-reactive ketones (excluding diaryl/α,β-unsaturated/α-hetero) is 1. The Morgan fingerprint density at radius 1 is 1.60 bits per heavy atom. The van der Waals surface area contributed by atoms with Crippen LogP contribution in [0, 0.1) is 5.92 Å². The molecule has 1 unspecified atom stereocenters. The van der Waals surface area contributed by atoms with Gasteiger partial charge in [-0.2, -0.15) is 0 Å². The van der Waals surface area contributed by atoms with E-state index in [1.165, 1.54) is 0 Å². The van der Waals surface area contributed by atoms with Gasteiger partial charge in [0.1, 0.15) is 5.78 Å². The van der Waals surface area contributed by atoms with Gasteiger partial charge >= 0.3 is 0 Å². The molecule has 1 rings (SSSR count). The summed E-state index contributed by atoms with van der Waals surface area (Å²) < 4.78 is 0. The minimum absolute atomic E-state index is 0.175. The molecule has 1 aliphatic rings. The lowest BCUT2D eigenvalue weighted by molar-refractivity contribution is -0.125. The first-order valence-electron chi connectivity index (χ1n) is 5.36. The average molecular weight is 205 g/mol. The van der Waals surface area contributed by atoms with Crippen LogP contribution in [0.1, 0.15) is 13.3 Å². The minimum Gasteiger partial charge on any atom is -0.299 e. The van der Waals surface area contributed by atoms with Crippen LogP contribution in [-0.4, -0.2) is 30.3 Å². The van der Waals surface area contributed by atoms with E-state index in [-0.39, 0.29) is 5.92 Å². The Bertz CT molecular complexity index is 291. The Labute approximate surface area is 92.0 Å². The zero-order chi connectivity index (χ0) is 11.3. The van der Waals surface area contributed by atoms with Gasteiger partial charge in [0.2, 0.25) is 0 Å². The summed E-state index contributed by atoms with van der Waals surface area (Å²) in [4.78, 5) is 13.6. The fraction of sp³-hybridized carbons (Fsp3) is 0.462. The molecule has 1 saturated heterocycles. The predicted molar refractivity (Wildman–Crippen MR) is 63.7 cm³/mol. The Kier molecular flexibility index (Phi) is 4.50. The standard InChI is InChI=1S/C13H19NO/c1-4-6-12(5-2)10-14-8-7-13(15)11(3)9-14/h4-6,11H,1-2,7-10H2,3H3/b12-6+. The maximum Gasteiger partial charge on any atom is 0.138 e. The highest BCUT2D eigenvalue weighted by atomic mass is 16.1. The Hall–Kier alpha value is -1.15. The highest BCUT2D eigenvalue weighted by Crippen LogP contribution is 2.13. The molecule has 15 heavy (non-hydrogen) atoms.